The fraction of sp³-hybridized carbons (Fsp3) is 0.429. The van der Waals surface area contributed by atoms with Gasteiger partial charge in [0.1, 0.15) is 0 Å². The van der Waals surface area contributed by atoms with Crippen LogP contribution in [0.5, 0.6) is 0 Å². The van der Waals surface area contributed by atoms with Gasteiger partial charge in [-0.3, -0.25) is 9.59 Å². The smallest absolute Gasteiger partial charge is 0.374 e. The second-order valence-corrected chi connectivity index (χ2v) is 2.80. The Hall–Kier alpha value is -1.96. The minimum Gasteiger partial charge on any atom is -0.481 e. The van der Waals surface area contributed by atoms with E-state index >= 15 is 0 Å². The van der Waals surface area contributed by atoms with Gasteiger partial charge >= 0.3 is 17.9 Å². The molecule has 0 amide bonds. The highest BCUT2D eigenvalue weighted by Crippen LogP contribution is 2.12. The van der Waals surface area contributed by atoms with Crippen molar-refractivity contribution in [1.29, 1.82) is 0 Å². The average molecular weight is 219 g/mol. The van der Waals surface area contributed by atoms with E-state index in [9.17, 15) is 19.2 Å². The van der Waals surface area contributed by atoms with Crippen LogP contribution in [-0.4, -0.2) is 44.5 Å². The maximum absolute atomic E-state index is 10.9. The summed E-state index contributed by atoms with van der Waals surface area (Å²) in [6.45, 7) is 0. The largest absolute Gasteiger partial charge is 0.481 e. The number of Topliss-reactive ketones (excluding diaryl/α,β-unsaturated/α-hetero) is 1. The zero-order valence-corrected chi connectivity index (χ0v) is 7.47. The van der Waals surface area contributed by atoms with Crippen LogP contribution in [0, 0.1) is 0 Å². The lowest BCUT2D eigenvalue weighted by Crippen LogP contribution is -2.57. The molecule has 0 aliphatic rings. The zero-order chi connectivity index (χ0) is 12.2. The molecule has 0 aliphatic carbocycles. The summed E-state index contributed by atoms with van der Waals surface area (Å²) < 4.78 is 0. The first-order chi connectivity index (χ1) is 6.71. The number of carboxylic acids is 3. The van der Waals surface area contributed by atoms with Crippen molar-refractivity contribution in [2.75, 3.05) is 0 Å². The predicted octanol–water partition coefficient (Wildman–Crippen LogP) is -1.71. The molecule has 1 atom stereocenters. The molecule has 0 aliphatic heterocycles. The fourth-order valence-corrected chi connectivity index (χ4v) is 0.813. The lowest BCUT2D eigenvalue weighted by molar-refractivity contribution is -0.159. The molecule has 15 heavy (non-hydrogen) atoms. The van der Waals surface area contributed by atoms with Crippen molar-refractivity contribution < 1.29 is 34.5 Å². The van der Waals surface area contributed by atoms with E-state index < -0.39 is 42.1 Å². The summed E-state index contributed by atoms with van der Waals surface area (Å²) in [7, 11) is 0. The van der Waals surface area contributed by atoms with Gasteiger partial charge in [0, 0.05) is 6.42 Å². The minimum atomic E-state index is -2.69. The second kappa shape index (κ2) is 4.51. The number of hydrogen-bond acceptors (Lipinski definition) is 5. The molecule has 8 nitrogen and oxygen atoms in total. The number of nitrogens with two attached hydrogens (primary N) is 1. The van der Waals surface area contributed by atoms with E-state index in [1.807, 2.05) is 0 Å². The maximum Gasteiger partial charge on any atom is 0.374 e. The van der Waals surface area contributed by atoms with E-state index in [1.165, 1.54) is 0 Å². The number of rotatable bonds is 6. The molecule has 84 valence electrons. The Morgan fingerprint density at radius 2 is 1.53 bits per heavy atom. The predicted molar refractivity (Wildman–Crippen MR) is 44.1 cm³/mol. The van der Waals surface area contributed by atoms with Crippen molar-refractivity contribution >= 4 is 23.7 Å². The van der Waals surface area contributed by atoms with Gasteiger partial charge in [-0.1, -0.05) is 0 Å². The molecule has 5 N–H and O–H groups in total. The summed E-state index contributed by atoms with van der Waals surface area (Å²) in [5.74, 6) is -6.98. The molecule has 8 heteroatoms. The van der Waals surface area contributed by atoms with E-state index in [1.54, 1.807) is 0 Å². The standard InChI is InChI=1S/C7H9NO7/c8-7(6(14)15,2-1-3(9)10)4(11)5(12)13/h1-2,8H2,(H,9,10)(H,12,13)(H,14,15)/t7-/m1/s1. The Bertz CT molecular complexity index is 323. The number of carboxylic acid groups (broad SMARTS) is 3. The van der Waals surface area contributed by atoms with Crippen molar-refractivity contribution in [3.63, 3.8) is 0 Å². The van der Waals surface area contributed by atoms with Gasteiger partial charge in [-0.05, 0) is 6.42 Å². The first kappa shape index (κ1) is 13.0. The van der Waals surface area contributed by atoms with E-state index in [0.717, 1.165) is 0 Å². The molecular weight excluding hydrogens is 210 g/mol. The normalized spacial score (nSPS) is 13.9. The SMILES string of the molecule is N[C@@](CCC(=O)O)(C(=O)O)C(=O)C(=O)O. The van der Waals surface area contributed by atoms with Crippen LogP contribution in [0.4, 0.5) is 0 Å². The van der Waals surface area contributed by atoms with Crippen molar-refractivity contribution in [3.8, 4) is 0 Å². The summed E-state index contributed by atoms with van der Waals surface area (Å²) >= 11 is 0. The molecule has 0 aromatic carbocycles. The molecule has 0 spiro atoms. The highest BCUT2D eigenvalue weighted by Gasteiger charge is 2.45. The van der Waals surface area contributed by atoms with Crippen molar-refractivity contribution in [1.82, 2.24) is 0 Å². The van der Waals surface area contributed by atoms with E-state index in [-0.39, 0.29) is 0 Å². The van der Waals surface area contributed by atoms with Crippen LogP contribution in [0.15, 0.2) is 0 Å². The van der Waals surface area contributed by atoms with Crippen LogP contribution in [0.2, 0.25) is 0 Å². The van der Waals surface area contributed by atoms with Crippen LogP contribution in [0.25, 0.3) is 0 Å². The lowest BCUT2D eigenvalue weighted by Gasteiger charge is -2.19. The topological polar surface area (TPSA) is 155 Å². The van der Waals surface area contributed by atoms with Crippen molar-refractivity contribution in [2.24, 2.45) is 5.73 Å². The number of carbonyl (C=O) groups is 4. The Morgan fingerprint density at radius 3 is 1.80 bits per heavy atom. The second-order valence-electron chi connectivity index (χ2n) is 2.80. The molecular formula is C7H9NO7. The molecule has 0 aromatic rings. The maximum atomic E-state index is 10.9. The van der Waals surface area contributed by atoms with E-state index in [4.69, 9.17) is 21.1 Å². The molecule has 0 aromatic heterocycles. The van der Waals surface area contributed by atoms with Crippen LogP contribution in [-0.2, 0) is 19.2 Å². The van der Waals surface area contributed by atoms with Crippen LogP contribution in [0.1, 0.15) is 12.8 Å². The Morgan fingerprint density at radius 1 is 1.07 bits per heavy atom. The summed E-state index contributed by atoms with van der Waals surface area (Å²) in [5, 5.41) is 25.1. The molecule has 0 fully saturated rings. The van der Waals surface area contributed by atoms with Crippen LogP contribution >= 0.6 is 0 Å². The third-order valence-electron chi connectivity index (χ3n) is 1.71. The summed E-state index contributed by atoms with van der Waals surface area (Å²) in [6.07, 6.45) is -1.48. The van der Waals surface area contributed by atoms with E-state index in [0.29, 0.717) is 0 Å². The Balaban J connectivity index is 4.90. The van der Waals surface area contributed by atoms with Gasteiger partial charge < -0.3 is 21.1 Å². The molecule has 0 radical (unpaired) electrons. The summed E-state index contributed by atoms with van der Waals surface area (Å²) in [4.78, 5) is 41.9. The molecule has 0 saturated carbocycles. The molecule has 0 heterocycles. The van der Waals surface area contributed by atoms with Crippen LogP contribution < -0.4 is 5.73 Å². The fourth-order valence-electron chi connectivity index (χ4n) is 0.813. The minimum absolute atomic E-state index is 0.707. The highest BCUT2D eigenvalue weighted by molar-refractivity contribution is 6.41. The molecule has 0 rings (SSSR count). The number of ketones is 1. The van der Waals surface area contributed by atoms with Crippen molar-refractivity contribution in [3.05, 3.63) is 0 Å². The van der Waals surface area contributed by atoms with Crippen LogP contribution in [0.3, 0.4) is 0 Å². The van der Waals surface area contributed by atoms with E-state index in [2.05, 4.69) is 0 Å². The van der Waals surface area contributed by atoms with Crippen molar-refractivity contribution in [2.45, 2.75) is 18.4 Å². The van der Waals surface area contributed by atoms with Gasteiger partial charge in [0.2, 0.25) is 0 Å². The highest BCUT2D eigenvalue weighted by atomic mass is 16.4. The van der Waals surface area contributed by atoms with Gasteiger partial charge in [-0.15, -0.1) is 0 Å². The number of aliphatic carboxylic acids is 3. The van der Waals surface area contributed by atoms with Gasteiger partial charge in [-0.2, -0.15) is 0 Å². The Kier molecular flexibility index (Phi) is 3.92. The third-order valence-corrected chi connectivity index (χ3v) is 1.71. The first-order valence-electron chi connectivity index (χ1n) is 3.73. The Labute approximate surface area is 83.3 Å². The monoisotopic (exact) mass is 219 g/mol. The molecule has 0 bridgehead atoms. The first-order valence-corrected chi connectivity index (χ1v) is 3.73. The molecule has 0 saturated heterocycles. The lowest BCUT2D eigenvalue weighted by atomic mass is 9.90. The number of hydrogen-bond donors (Lipinski definition) is 4. The van der Waals surface area contributed by atoms with Gasteiger partial charge in [0.25, 0.3) is 5.78 Å². The van der Waals surface area contributed by atoms with Gasteiger partial charge in [0.05, 0.1) is 0 Å². The molecule has 0 unspecified atom stereocenters. The summed E-state index contributed by atoms with van der Waals surface area (Å²) in [6, 6.07) is 0. The zero-order valence-electron chi connectivity index (χ0n) is 7.47. The number of carbonyl (C=O) groups excluding carboxylic acids is 1. The quantitative estimate of drug-likeness (QED) is 0.304. The van der Waals surface area contributed by atoms with Gasteiger partial charge in [0.15, 0.2) is 5.54 Å². The van der Waals surface area contributed by atoms with Gasteiger partial charge in [-0.25, -0.2) is 9.59 Å². The summed E-state index contributed by atoms with van der Waals surface area (Å²) in [5.41, 5.74) is 2.35. The third kappa shape index (κ3) is 3.02. The average Bonchev–Trinajstić information content (AvgIpc) is 2.12.